The van der Waals surface area contributed by atoms with Crippen molar-refractivity contribution in [2.45, 2.75) is 39.5 Å². The van der Waals surface area contributed by atoms with E-state index in [0.29, 0.717) is 13.0 Å². The lowest BCUT2D eigenvalue weighted by Crippen LogP contribution is -2.00. The monoisotopic (exact) mass is 257 g/mol. The fourth-order valence-electron chi connectivity index (χ4n) is 2.14. The Hall–Kier alpha value is -2.02. The molecule has 0 amide bonds. The molecule has 100 valence electrons. The first kappa shape index (κ1) is 13.4. The second kappa shape index (κ2) is 6.24. The molecule has 2 aromatic rings. The molecular weight excluding hydrogens is 238 g/mol. The van der Waals surface area contributed by atoms with Gasteiger partial charge in [0.25, 0.3) is 0 Å². The Morgan fingerprint density at radius 2 is 2.26 bits per heavy atom. The average molecular weight is 257 g/mol. The minimum atomic E-state index is 0.367. The molecule has 0 atom stereocenters. The summed E-state index contributed by atoms with van der Waals surface area (Å²) in [7, 11) is 0. The number of rotatable bonds is 6. The molecule has 0 fully saturated rings. The standard InChI is InChI=1S/C15H19N3O/c1-3-4-5-11-19-14-7-6-10-18-13(8-9-16)12(2)17-15(14)18/h6-7,10H,3-5,8,11H2,1-2H3. The Balaban J connectivity index is 2.26. The Labute approximate surface area is 113 Å². The van der Waals surface area contributed by atoms with Gasteiger partial charge in [-0.25, -0.2) is 4.98 Å². The number of ether oxygens (including phenoxy) is 1. The van der Waals surface area contributed by atoms with Crippen molar-refractivity contribution in [2.75, 3.05) is 6.61 Å². The van der Waals surface area contributed by atoms with Gasteiger partial charge >= 0.3 is 0 Å². The van der Waals surface area contributed by atoms with Crippen LogP contribution >= 0.6 is 0 Å². The summed E-state index contributed by atoms with van der Waals surface area (Å²) < 4.78 is 7.75. The lowest BCUT2D eigenvalue weighted by atomic mass is 10.3. The highest BCUT2D eigenvalue weighted by molar-refractivity contribution is 5.56. The molecule has 0 aliphatic carbocycles. The van der Waals surface area contributed by atoms with Gasteiger partial charge in [0, 0.05) is 6.20 Å². The lowest BCUT2D eigenvalue weighted by Gasteiger charge is -2.07. The van der Waals surface area contributed by atoms with E-state index in [2.05, 4.69) is 18.0 Å². The molecule has 19 heavy (non-hydrogen) atoms. The minimum Gasteiger partial charge on any atom is -0.490 e. The number of nitrogens with zero attached hydrogens (tertiary/aromatic N) is 3. The molecule has 0 bridgehead atoms. The fourth-order valence-corrected chi connectivity index (χ4v) is 2.14. The van der Waals surface area contributed by atoms with Crippen molar-refractivity contribution in [1.82, 2.24) is 9.38 Å². The molecule has 4 heteroatoms. The van der Waals surface area contributed by atoms with Crippen LogP contribution in [0.3, 0.4) is 0 Å². The van der Waals surface area contributed by atoms with Gasteiger partial charge in [-0.2, -0.15) is 5.26 Å². The molecule has 0 aliphatic rings. The van der Waals surface area contributed by atoms with Gasteiger partial charge in [-0.05, 0) is 25.5 Å². The fraction of sp³-hybridized carbons (Fsp3) is 0.467. The molecule has 0 unspecified atom stereocenters. The Bertz CT molecular complexity index is 595. The zero-order valence-corrected chi connectivity index (χ0v) is 11.5. The number of pyridine rings is 1. The SMILES string of the molecule is CCCCCOc1cccn2c(CC#N)c(C)nc12. The normalized spacial score (nSPS) is 10.6. The van der Waals surface area contributed by atoms with Gasteiger partial charge in [0.15, 0.2) is 11.4 Å². The highest BCUT2D eigenvalue weighted by atomic mass is 16.5. The van der Waals surface area contributed by atoms with Gasteiger partial charge in [-0.1, -0.05) is 19.8 Å². The van der Waals surface area contributed by atoms with Crippen LogP contribution in [0.1, 0.15) is 37.6 Å². The molecule has 0 radical (unpaired) electrons. The van der Waals surface area contributed by atoms with Crippen LogP contribution in [0.25, 0.3) is 5.65 Å². The third-order valence-electron chi connectivity index (χ3n) is 3.17. The molecule has 0 N–H and O–H groups in total. The van der Waals surface area contributed by atoms with E-state index in [9.17, 15) is 0 Å². The topological polar surface area (TPSA) is 50.3 Å². The van der Waals surface area contributed by atoms with Crippen molar-refractivity contribution in [3.05, 3.63) is 29.7 Å². The van der Waals surface area contributed by atoms with E-state index in [0.717, 1.165) is 29.2 Å². The number of nitriles is 1. The first-order chi connectivity index (χ1) is 9.27. The second-order valence-electron chi connectivity index (χ2n) is 4.60. The third kappa shape index (κ3) is 2.87. The number of hydrogen-bond donors (Lipinski definition) is 0. The number of aromatic nitrogens is 2. The quantitative estimate of drug-likeness (QED) is 0.746. The van der Waals surface area contributed by atoms with Crippen molar-refractivity contribution in [3.8, 4) is 11.8 Å². The Kier molecular flexibility index (Phi) is 4.40. The van der Waals surface area contributed by atoms with E-state index in [1.165, 1.54) is 12.8 Å². The zero-order valence-electron chi connectivity index (χ0n) is 11.5. The van der Waals surface area contributed by atoms with Gasteiger partial charge < -0.3 is 4.74 Å². The molecule has 0 saturated carbocycles. The van der Waals surface area contributed by atoms with Crippen LogP contribution in [-0.4, -0.2) is 16.0 Å². The first-order valence-corrected chi connectivity index (χ1v) is 6.74. The van der Waals surface area contributed by atoms with Crippen LogP contribution in [0, 0.1) is 18.3 Å². The molecule has 2 aromatic heterocycles. The van der Waals surface area contributed by atoms with Crippen molar-refractivity contribution in [3.63, 3.8) is 0 Å². The first-order valence-electron chi connectivity index (χ1n) is 6.74. The van der Waals surface area contributed by atoms with Crippen LogP contribution < -0.4 is 4.74 Å². The predicted octanol–water partition coefficient (Wildman–Crippen LogP) is 3.28. The van der Waals surface area contributed by atoms with Crippen LogP contribution in [0.2, 0.25) is 0 Å². The molecule has 0 aliphatic heterocycles. The van der Waals surface area contributed by atoms with Crippen molar-refractivity contribution < 1.29 is 4.74 Å². The molecular formula is C15H19N3O. The number of aryl methyl sites for hydroxylation is 1. The highest BCUT2D eigenvalue weighted by Crippen LogP contribution is 2.22. The van der Waals surface area contributed by atoms with E-state index >= 15 is 0 Å². The van der Waals surface area contributed by atoms with Crippen molar-refractivity contribution in [1.29, 1.82) is 5.26 Å². The molecule has 4 nitrogen and oxygen atoms in total. The third-order valence-corrected chi connectivity index (χ3v) is 3.17. The largest absolute Gasteiger partial charge is 0.490 e. The van der Waals surface area contributed by atoms with Gasteiger partial charge in [-0.15, -0.1) is 0 Å². The van der Waals surface area contributed by atoms with Crippen LogP contribution in [0.5, 0.6) is 5.75 Å². The predicted molar refractivity (Wildman–Crippen MR) is 74.3 cm³/mol. The van der Waals surface area contributed by atoms with E-state index in [1.54, 1.807) is 0 Å². The number of fused-ring (bicyclic) bond motifs is 1. The molecule has 0 aromatic carbocycles. The molecule has 2 heterocycles. The number of imidazole rings is 1. The molecule has 0 spiro atoms. The van der Waals surface area contributed by atoms with Crippen LogP contribution in [0.4, 0.5) is 0 Å². The van der Waals surface area contributed by atoms with E-state index in [4.69, 9.17) is 10.00 Å². The summed E-state index contributed by atoms with van der Waals surface area (Å²) in [4.78, 5) is 4.52. The van der Waals surface area contributed by atoms with E-state index in [1.807, 2.05) is 29.7 Å². The van der Waals surface area contributed by atoms with E-state index < -0.39 is 0 Å². The molecule has 0 saturated heterocycles. The number of hydrogen-bond acceptors (Lipinski definition) is 3. The van der Waals surface area contributed by atoms with Gasteiger partial charge in [0.05, 0.1) is 30.5 Å². The Morgan fingerprint density at radius 3 is 3.00 bits per heavy atom. The maximum Gasteiger partial charge on any atom is 0.180 e. The van der Waals surface area contributed by atoms with Crippen molar-refractivity contribution >= 4 is 5.65 Å². The summed E-state index contributed by atoms with van der Waals surface area (Å²) >= 11 is 0. The maximum absolute atomic E-state index is 8.87. The second-order valence-corrected chi connectivity index (χ2v) is 4.60. The summed E-state index contributed by atoms with van der Waals surface area (Å²) in [6.45, 7) is 4.82. The molecule has 2 rings (SSSR count). The zero-order chi connectivity index (χ0) is 13.7. The van der Waals surface area contributed by atoms with E-state index in [-0.39, 0.29) is 0 Å². The summed E-state index contributed by atoms with van der Waals surface area (Å²) in [6, 6.07) is 6.05. The minimum absolute atomic E-state index is 0.367. The van der Waals surface area contributed by atoms with Crippen LogP contribution in [-0.2, 0) is 6.42 Å². The maximum atomic E-state index is 8.87. The van der Waals surface area contributed by atoms with Crippen molar-refractivity contribution in [2.24, 2.45) is 0 Å². The smallest absolute Gasteiger partial charge is 0.180 e. The average Bonchev–Trinajstić information content (AvgIpc) is 2.73. The Morgan fingerprint density at radius 1 is 1.42 bits per heavy atom. The van der Waals surface area contributed by atoms with Gasteiger partial charge in [0.2, 0.25) is 0 Å². The van der Waals surface area contributed by atoms with Gasteiger partial charge in [-0.3, -0.25) is 4.40 Å². The summed E-state index contributed by atoms with van der Waals surface area (Å²) in [6.07, 6.45) is 5.72. The summed E-state index contributed by atoms with van der Waals surface area (Å²) in [5, 5.41) is 8.87. The van der Waals surface area contributed by atoms with Gasteiger partial charge in [0.1, 0.15) is 0 Å². The summed E-state index contributed by atoms with van der Waals surface area (Å²) in [5.74, 6) is 0.797. The lowest BCUT2D eigenvalue weighted by molar-refractivity contribution is 0.308. The summed E-state index contributed by atoms with van der Waals surface area (Å²) in [5.41, 5.74) is 2.64. The number of unbranched alkanes of at least 4 members (excludes halogenated alkanes) is 2. The van der Waals surface area contributed by atoms with Crippen LogP contribution in [0.15, 0.2) is 18.3 Å². The highest BCUT2D eigenvalue weighted by Gasteiger charge is 2.11.